The highest BCUT2D eigenvalue weighted by Crippen LogP contribution is 2.32. The number of halogens is 1. The fourth-order valence-electron chi connectivity index (χ4n) is 3.40. The highest BCUT2D eigenvalue weighted by molar-refractivity contribution is 6.13. The standard InChI is InChI=1S/C23H19FN2O/c1-14-3-5-20(21(24)9-14)16-4-6-22-18(11-16)12-19(27)13-23(26-22)17-7-8-25-15(2)10-17/h3-11H,12-13H2,1-2H3. The van der Waals surface area contributed by atoms with Gasteiger partial charge in [0, 0.05) is 30.3 Å². The Kier molecular flexibility index (Phi) is 4.40. The van der Waals surface area contributed by atoms with Crippen LogP contribution >= 0.6 is 0 Å². The number of carbonyl (C=O) groups excluding carboxylic acids is 1. The molecule has 0 saturated heterocycles. The van der Waals surface area contributed by atoms with Crippen molar-refractivity contribution in [1.29, 1.82) is 0 Å². The Morgan fingerprint density at radius 3 is 2.56 bits per heavy atom. The number of hydrogen-bond donors (Lipinski definition) is 0. The Morgan fingerprint density at radius 2 is 1.78 bits per heavy atom. The molecule has 1 aromatic heterocycles. The zero-order chi connectivity index (χ0) is 19.0. The first-order valence-corrected chi connectivity index (χ1v) is 8.91. The lowest BCUT2D eigenvalue weighted by molar-refractivity contribution is -0.117. The molecule has 1 aliphatic heterocycles. The van der Waals surface area contributed by atoms with Crippen molar-refractivity contribution in [3.05, 3.63) is 82.9 Å². The van der Waals surface area contributed by atoms with Crippen LogP contribution in [0.25, 0.3) is 11.1 Å². The summed E-state index contributed by atoms with van der Waals surface area (Å²) in [6.07, 6.45) is 2.31. The van der Waals surface area contributed by atoms with Gasteiger partial charge in [-0.15, -0.1) is 0 Å². The Morgan fingerprint density at radius 1 is 0.926 bits per heavy atom. The molecule has 3 aromatic rings. The van der Waals surface area contributed by atoms with E-state index in [1.54, 1.807) is 12.3 Å². The Labute approximate surface area is 157 Å². The molecule has 0 amide bonds. The summed E-state index contributed by atoms with van der Waals surface area (Å²) < 4.78 is 14.3. The molecule has 3 nitrogen and oxygen atoms in total. The summed E-state index contributed by atoms with van der Waals surface area (Å²) in [7, 11) is 0. The fraction of sp³-hybridized carbons (Fsp3) is 0.174. The quantitative estimate of drug-likeness (QED) is 0.636. The molecule has 0 radical (unpaired) electrons. The van der Waals surface area contributed by atoms with Crippen LogP contribution < -0.4 is 0 Å². The number of pyridine rings is 1. The molecule has 4 rings (SSSR count). The van der Waals surface area contributed by atoms with E-state index in [4.69, 9.17) is 4.99 Å². The van der Waals surface area contributed by atoms with Crippen LogP contribution in [0, 0.1) is 19.7 Å². The van der Waals surface area contributed by atoms with Gasteiger partial charge in [-0.2, -0.15) is 0 Å². The van der Waals surface area contributed by atoms with E-state index < -0.39 is 0 Å². The van der Waals surface area contributed by atoms with Crippen molar-refractivity contribution >= 4 is 17.2 Å². The molecule has 2 aromatic carbocycles. The second-order valence-electron chi connectivity index (χ2n) is 6.96. The third-order valence-corrected chi connectivity index (χ3v) is 4.75. The lowest BCUT2D eigenvalue weighted by Gasteiger charge is -2.09. The molecule has 0 spiro atoms. The van der Waals surface area contributed by atoms with E-state index in [1.807, 2.05) is 50.2 Å². The molecule has 0 bridgehead atoms. The molecule has 0 fully saturated rings. The number of aromatic nitrogens is 1. The van der Waals surface area contributed by atoms with Crippen molar-refractivity contribution in [1.82, 2.24) is 4.98 Å². The van der Waals surface area contributed by atoms with Crippen LogP contribution in [0.3, 0.4) is 0 Å². The van der Waals surface area contributed by atoms with Crippen molar-refractivity contribution in [3.63, 3.8) is 0 Å². The number of hydrogen-bond acceptors (Lipinski definition) is 3. The summed E-state index contributed by atoms with van der Waals surface area (Å²) in [5.41, 5.74) is 6.32. The summed E-state index contributed by atoms with van der Waals surface area (Å²) in [5, 5.41) is 0. The normalized spacial score (nSPS) is 13.7. The van der Waals surface area contributed by atoms with Crippen LogP contribution in [0.2, 0.25) is 0 Å². The molecule has 0 unspecified atom stereocenters. The van der Waals surface area contributed by atoms with Gasteiger partial charge >= 0.3 is 0 Å². The van der Waals surface area contributed by atoms with Gasteiger partial charge in [-0.3, -0.25) is 14.8 Å². The monoisotopic (exact) mass is 358 g/mol. The summed E-state index contributed by atoms with van der Waals surface area (Å²) in [6.45, 7) is 3.78. The highest BCUT2D eigenvalue weighted by Gasteiger charge is 2.19. The van der Waals surface area contributed by atoms with Crippen LogP contribution in [0.5, 0.6) is 0 Å². The van der Waals surface area contributed by atoms with E-state index in [9.17, 15) is 9.18 Å². The Bertz CT molecular complexity index is 1090. The summed E-state index contributed by atoms with van der Waals surface area (Å²) in [6, 6.07) is 14.6. The minimum absolute atomic E-state index is 0.100. The van der Waals surface area contributed by atoms with Gasteiger partial charge in [-0.25, -0.2) is 4.39 Å². The van der Waals surface area contributed by atoms with Crippen molar-refractivity contribution in [3.8, 4) is 11.1 Å². The number of rotatable bonds is 2. The number of benzene rings is 2. The first-order chi connectivity index (χ1) is 13.0. The van der Waals surface area contributed by atoms with Crippen LogP contribution in [0.4, 0.5) is 10.1 Å². The largest absolute Gasteiger partial charge is 0.299 e. The molecule has 0 aliphatic carbocycles. The fourth-order valence-corrected chi connectivity index (χ4v) is 3.40. The SMILES string of the molecule is Cc1ccc(-c2ccc3c(c2)CC(=O)CC(c2ccnc(C)c2)=N3)c(F)c1. The topological polar surface area (TPSA) is 42.3 Å². The van der Waals surface area contributed by atoms with Gasteiger partial charge in [0.2, 0.25) is 0 Å². The molecule has 0 N–H and O–H groups in total. The average molecular weight is 358 g/mol. The van der Waals surface area contributed by atoms with E-state index >= 15 is 0 Å². The van der Waals surface area contributed by atoms with E-state index in [0.29, 0.717) is 12.0 Å². The van der Waals surface area contributed by atoms with Gasteiger partial charge in [0.25, 0.3) is 0 Å². The van der Waals surface area contributed by atoms with E-state index in [1.165, 1.54) is 6.07 Å². The maximum atomic E-state index is 14.3. The molecule has 27 heavy (non-hydrogen) atoms. The van der Waals surface area contributed by atoms with Crippen molar-refractivity contribution in [2.75, 3.05) is 0 Å². The van der Waals surface area contributed by atoms with Gasteiger partial charge in [0.15, 0.2) is 0 Å². The molecule has 2 heterocycles. The maximum absolute atomic E-state index is 14.3. The van der Waals surface area contributed by atoms with Crippen LogP contribution in [0.15, 0.2) is 59.7 Å². The number of nitrogens with zero attached hydrogens (tertiary/aromatic N) is 2. The second-order valence-corrected chi connectivity index (χ2v) is 6.96. The first-order valence-electron chi connectivity index (χ1n) is 8.91. The van der Waals surface area contributed by atoms with Crippen LogP contribution in [0.1, 0.15) is 28.8 Å². The Balaban J connectivity index is 1.79. The molecule has 134 valence electrons. The summed E-state index contributed by atoms with van der Waals surface area (Å²) >= 11 is 0. The number of Topliss-reactive ketones (excluding diaryl/α,β-unsaturated/α-hetero) is 1. The first kappa shape index (κ1) is 17.3. The smallest absolute Gasteiger partial charge is 0.143 e. The lowest BCUT2D eigenvalue weighted by Crippen LogP contribution is -2.09. The van der Waals surface area contributed by atoms with Gasteiger partial charge in [0.1, 0.15) is 11.6 Å². The summed E-state index contributed by atoms with van der Waals surface area (Å²) in [4.78, 5) is 21.5. The van der Waals surface area contributed by atoms with Crippen LogP contribution in [-0.4, -0.2) is 16.5 Å². The van der Waals surface area contributed by atoms with Crippen molar-refractivity contribution in [2.45, 2.75) is 26.7 Å². The zero-order valence-corrected chi connectivity index (χ0v) is 15.3. The predicted molar refractivity (Wildman–Crippen MR) is 105 cm³/mol. The lowest BCUT2D eigenvalue weighted by atomic mass is 9.97. The molecule has 4 heteroatoms. The number of ketones is 1. The van der Waals surface area contributed by atoms with E-state index in [0.717, 1.165) is 39.3 Å². The summed E-state index contributed by atoms with van der Waals surface area (Å²) in [5.74, 6) is -0.158. The van der Waals surface area contributed by atoms with Gasteiger partial charge in [-0.05, 0) is 66.4 Å². The number of carbonyl (C=O) groups is 1. The predicted octanol–water partition coefficient (Wildman–Crippen LogP) is 5.14. The zero-order valence-electron chi connectivity index (χ0n) is 15.3. The van der Waals surface area contributed by atoms with Gasteiger partial charge < -0.3 is 0 Å². The minimum Gasteiger partial charge on any atom is -0.299 e. The second kappa shape index (κ2) is 6.88. The van der Waals surface area contributed by atoms with E-state index in [-0.39, 0.29) is 18.0 Å². The van der Waals surface area contributed by atoms with Gasteiger partial charge in [0.05, 0.1) is 11.4 Å². The third-order valence-electron chi connectivity index (χ3n) is 4.75. The molecule has 0 saturated carbocycles. The Hall–Kier alpha value is -3.14. The number of aryl methyl sites for hydroxylation is 2. The van der Waals surface area contributed by atoms with Gasteiger partial charge in [-0.1, -0.05) is 18.2 Å². The maximum Gasteiger partial charge on any atom is 0.143 e. The molecule has 1 aliphatic rings. The molecular formula is C23H19FN2O. The average Bonchev–Trinajstić information content (AvgIpc) is 2.79. The van der Waals surface area contributed by atoms with Crippen LogP contribution in [-0.2, 0) is 11.2 Å². The molecular weight excluding hydrogens is 339 g/mol. The van der Waals surface area contributed by atoms with Crippen molar-refractivity contribution in [2.24, 2.45) is 4.99 Å². The minimum atomic E-state index is -0.258. The molecule has 0 atom stereocenters. The number of aliphatic imine (C=N–C) groups is 1. The number of fused-ring (bicyclic) bond motifs is 1. The highest BCUT2D eigenvalue weighted by atomic mass is 19.1. The third kappa shape index (κ3) is 3.56. The van der Waals surface area contributed by atoms with E-state index in [2.05, 4.69) is 4.98 Å². The van der Waals surface area contributed by atoms with Crippen molar-refractivity contribution < 1.29 is 9.18 Å².